The molecule has 0 fully saturated rings. The Hall–Kier alpha value is -1.26. The molecule has 0 spiro atoms. The molecule has 0 saturated heterocycles. The van der Waals surface area contributed by atoms with E-state index in [9.17, 15) is 4.79 Å². The van der Waals surface area contributed by atoms with Crippen LogP contribution in [-0.2, 0) is 0 Å². The summed E-state index contributed by atoms with van der Waals surface area (Å²) < 4.78 is 2.43. The third-order valence-electron chi connectivity index (χ3n) is 2.66. The van der Waals surface area contributed by atoms with Gasteiger partial charge in [-0.25, -0.2) is 0 Å². The number of amides is 1. The first-order valence-electron chi connectivity index (χ1n) is 5.40. The molecule has 1 N–H and O–H groups in total. The van der Waals surface area contributed by atoms with E-state index in [4.69, 9.17) is 11.6 Å². The van der Waals surface area contributed by atoms with E-state index in [2.05, 4.69) is 21.4 Å². The number of aromatic nitrogens is 1. The minimum atomic E-state index is -0.180. The molecule has 1 aromatic heterocycles. The third-order valence-corrected chi connectivity index (χ3v) is 3.55. The fraction of sp³-hybridized carbons (Fsp3) is 0.154. The van der Waals surface area contributed by atoms with E-state index in [1.165, 1.54) is 0 Å². The minimum absolute atomic E-state index is 0.180. The maximum atomic E-state index is 12.1. The number of aryl methyl sites for hydroxylation is 2. The van der Waals surface area contributed by atoms with Gasteiger partial charge in [-0.1, -0.05) is 11.6 Å². The Labute approximate surface area is 119 Å². The van der Waals surface area contributed by atoms with Gasteiger partial charge in [0.2, 0.25) is 0 Å². The van der Waals surface area contributed by atoms with Crippen LogP contribution in [0.3, 0.4) is 0 Å². The highest BCUT2D eigenvalue weighted by Gasteiger charge is 2.12. The van der Waals surface area contributed by atoms with Crippen LogP contribution < -0.4 is 5.43 Å². The number of hydrogen-bond acceptors (Lipinski definition) is 1. The monoisotopic (exact) mass is 326 g/mol. The molecule has 1 amide bonds. The molecule has 18 heavy (non-hydrogen) atoms. The van der Waals surface area contributed by atoms with E-state index in [-0.39, 0.29) is 5.91 Å². The standard InChI is InChI=1S/C13H12BrClN2O/c1-8-3-4-9(2)17(8)16-13(18)11-6-5-10(15)7-12(11)14/h3-7H,1-2H3,(H,16,18). The first-order valence-corrected chi connectivity index (χ1v) is 6.57. The molecule has 0 radical (unpaired) electrons. The molecule has 0 unspecified atom stereocenters. The molecule has 5 heteroatoms. The van der Waals surface area contributed by atoms with Crippen LogP contribution in [0.1, 0.15) is 21.7 Å². The van der Waals surface area contributed by atoms with Gasteiger partial charge in [0.15, 0.2) is 0 Å². The maximum absolute atomic E-state index is 12.1. The average Bonchev–Trinajstić information content (AvgIpc) is 2.60. The number of halogens is 2. The van der Waals surface area contributed by atoms with E-state index >= 15 is 0 Å². The summed E-state index contributed by atoms with van der Waals surface area (Å²) in [5, 5.41) is 0.590. The Morgan fingerprint density at radius 2 is 1.83 bits per heavy atom. The van der Waals surface area contributed by atoms with Gasteiger partial charge in [-0.3, -0.25) is 14.9 Å². The lowest BCUT2D eigenvalue weighted by atomic mass is 10.2. The maximum Gasteiger partial charge on any atom is 0.271 e. The molecule has 0 aliphatic carbocycles. The van der Waals surface area contributed by atoms with E-state index in [1.54, 1.807) is 22.9 Å². The zero-order chi connectivity index (χ0) is 13.3. The van der Waals surface area contributed by atoms with Gasteiger partial charge < -0.3 is 0 Å². The van der Waals surface area contributed by atoms with Crippen molar-refractivity contribution in [3.05, 3.63) is 56.8 Å². The largest absolute Gasteiger partial charge is 0.271 e. The second-order valence-corrected chi connectivity index (χ2v) is 5.31. The fourth-order valence-corrected chi connectivity index (χ4v) is 2.54. The summed E-state index contributed by atoms with van der Waals surface area (Å²) >= 11 is 9.18. The Bertz CT molecular complexity index is 588. The number of nitrogens with zero attached hydrogens (tertiary/aromatic N) is 1. The molecule has 94 valence electrons. The highest BCUT2D eigenvalue weighted by atomic mass is 79.9. The lowest BCUT2D eigenvalue weighted by Gasteiger charge is -2.12. The lowest BCUT2D eigenvalue weighted by molar-refractivity contribution is 0.101. The van der Waals surface area contributed by atoms with Gasteiger partial charge >= 0.3 is 0 Å². The highest BCUT2D eigenvalue weighted by molar-refractivity contribution is 9.10. The van der Waals surface area contributed by atoms with Crippen molar-refractivity contribution in [2.24, 2.45) is 0 Å². The Balaban J connectivity index is 2.28. The van der Waals surface area contributed by atoms with Crippen LogP contribution in [0.4, 0.5) is 0 Å². The number of benzene rings is 1. The summed E-state index contributed by atoms with van der Waals surface area (Å²) in [6, 6.07) is 8.98. The number of hydrogen-bond donors (Lipinski definition) is 1. The summed E-state index contributed by atoms with van der Waals surface area (Å²) in [5.41, 5.74) is 5.34. The van der Waals surface area contributed by atoms with E-state index < -0.39 is 0 Å². The lowest BCUT2D eigenvalue weighted by Crippen LogP contribution is -2.24. The minimum Gasteiger partial charge on any atom is -0.267 e. The number of rotatable bonds is 2. The normalized spacial score (nSPS) is 10.4. The Kier molecular flexibility index (Phi) is 3.78. The predicted molar refractivity (Wildman–Crippen MR) is 76.7 cm³/mol. The van der Waals surface area contributed by atoms with Crippen LogP contribution in [0.25, 0.3) is 0 Å². The predicted octanol–water partition coefficient (Wildman–Crippen LogP) is 3.90. The zero-order valence-electron chi connectivity index (χ0n) is 10.00. The first-order chi connectivity index (χ1) is 8.49. The fourth-order valence-electron chi connectivity index (χ4n) is 1.68. The van der Waals surface area contributed by atoms with Crippen LogP contribution in [-0.4, -0.2) is 10.6 Å². The van der Waals surface area contributed by atoms with Crippen LogP contribution >= 0.6 is 27.5 Å². The molecular weight excluding hydrogens is 316 g/mol. The van der Waals surface area contributed by atoms with Crippen molar-refractivity contribution >= 4 is 33.4 Å². The molecule has 0 bridgehead atoms. The van der Waals surface area contributed by atoms with Gasteiger partial charge in [0.1, 0.15) is 0 Å². The molecule has 1 aromatic carbocycles. The van der Waals surface area contributed by atoms with Crippen LogP contribution in [0.2, 0.25) is 5.02 Å². The molecule has 0 saturated carbocycles. The number of nitrogens with one attached hydrogen (secondary N) is 1. The second-order valence-electron chi connectivity index (χ2n) is 4.02. The molecule has 3 nitrogen and oxygen atoms in total. The van der Waals surface area contributed by atoms with Crippen LogP contribution in [0.5, 0.6) is 0 Å². The number of carbonyl (C=O) groups excluding carboxylic acids is 1. The second kappa shape index (κ2) is 5.16. The van der Waals surface area contributed by atoms with Gasteiger partial charge in [0.05, 0.1) is 5.56 Å². The molecule has 0 aliphatic heterocycles. The van der Waals surface area contributed by atoms with Crippen molar-refractivity contribution in [3.63, 3.8) is 0 Å². The van der Waals surface area contributed by atoms with Crippen LogP contribution in [0.15, 0.2) is 34.8 Å². The Morgan fingerprint density at radius 1 is 1.22 bits per heavy atom. The molecular formula is C13H12BrClN2O. The van der Waals surface area contributed by atoms with Crippen molar-refractivity contribution in [2.45, 2.75) is 13.8 Å². The van der Waals surface area contributed by atoms with Crippen molar-refractivity contribution < 1.29 is 4.79 Å². The van der Waals surface area contributed by atoms with E-state index in [1.807, 2.05) is 26.0 Å². The summed E-state index contributed by atoms with van der Waals surface area (Å²) in [5.74, 6) is -0.180. The highest BCUT2D eigenvalue weighted by Crippen LogP contribution is 2.21. The number of carbonyl (C=O) groups is 1. The summed E-state index contributed by atoms with van der Waals surface area (Å²) in [7, 11) is 0. The molecule has 2 rings (SSSR count). The van der Waals surface area contributed by atoms with E-state index in [0.29, 0.717) is 15.1 Å². The van der Waals surface area contributed by atoms with Gasteiger partial charge in [-0.15, -0.1) is 0 Å². The first kappa shape index (κ1) is 13.2. The molecule has 2 aromatic rings. The van der Waals surface area contributed by atoms with Gasteiger partial charge in [0, 0.05) is 20.9 Å². The smallest absolute Gasteiger partial charge is 0.267 e. The molecule has 0 atom stereocenters. The summed E-state index contributed by atoms with van der Waals surface area (Å²) in [6.45, 7) is 3.87. The van der Waals surface area contributed by atoms with E-state index in [0.717, 1.165) is 11.4 Å². The summed E-state index contributed by atoms with van der Waals surface area (Å²) in [6.07, 6.45) is 0. The average molecular weight is 328 g/mol. The van der Waals surface area contributed by atoms with Gasteiger partial charge in [-0.05, 0) is 60.1 Å². The third kappa shape index (κ3) is 2.60. The van der Waals surface area contributed by atoms with Crippen molar-refractivity contribution in [3.8, 4) is 0 Å². The van der Waals surface area contributed by atoms with Crippen molar-refractivity contribution in [1.82, 2.24) is 4.68 Å². The van der Waals surface area contributed by atoms with Gasteiger partial charge in [-0.2, -0.15) is 0 Å². The SMILES string of the molecule is Cc1ccc(C)n1NC(=O)c1ccc(Cl)cc1Br. The molecule has 0 aliphatic rings. The molecule has 1 heterocycles. The summed E-state index contributed by atoms with van der Waals surface area (Å²) in [4.78, 5) is 12.1. The van der Waals surface area contributed by atoms with Crippen molar-refractivity contribution in [1.29, 1.82) is 0 Å². The van der Waals surface area contributed by atoms with Crippen LogP contribution in [0, 0.1) is 13.8 Å². The van der Waals surface area contributed by atoms with Crippen molar-refractivity contribution in [2.75, 3.05) is 5.43 Å². The Morgan fingerprint density at radius 3 is 2.39 bits per heavy atom. The topological polar surface area (TPSA) is 34.0 Å². The van der Waals surface area contributed by atoms with Gasteiger partial charge in [0.25, 0.3) is 5.91 Å². The zero-order valence-corrected chi connectivity index (χ0v) is 12.3. The quantitative estimate of drug-likeness (QED) is 0.891.